The highest BCUT2D eigenvalue weighted by Crippen LogP contribution is 2.31. The maximum absolute atomic E-state index is 12.1. The van der Waals surface area contributed by atoms with E-state index in [1.807, 2.05) is 61.5 Å². The van der Waals surface area contributed by atoms with Gasteiger partial charge < -0.3 is 14.2 Å². The molecule has 0 spiro atoms. The molecule has 3 aromatic rings. The lowest BCUT2D eigenvalue weighted by atomic mass is 10.1. The fraction of sp³-hybridized carbons (Fsp3) is 0.400. The lowest BCUT2D eigenvalue weighted by Crippen LogP contribution is -2.12. The highest BCUT2D eigenvalue weighted by atomic mass is 19.4. The third-order valence-corrected chi connectivity index (χ3v) is 5.00. The number of aromatic nitrogens is 1. The Morgan fingerprint density at radius 2 is 1.50 bits per heavy atom. The topological polar surface area (TPSA) is 40.6 Å². The van der Waals surface area contributed by atoms with Crippen molar-refractivity contribution in [1.82, 2.24) is 4.98 Å². The molecule has 0 bridgehead atoms. The normalized spacial score (nSPS) is 11.8. The van der Waals surface area contributed by atoms with Gasteiger partial charge in [-0.2, -0.15) is 13.2 Å². The van der Waals surface area contributed by atoms with Gasteiger partial charge in [-0.1, -0.05) is 42.5 Å². The first-order chi connectivity index (χ1) is 15.4. The Hall–Kier alpha value is -2.64. The number of unbranched alkanes of at least 4 members (excludes halogenated alkanes) is 1. The second kappa shape index (κ2) is 11.8. The van der Waals surface area contributed by atoms with Crippen LogP contribution in [0, 0.1) is 6.92 Å². The molecule has 32 heavy (non-hydrogen) atoms. The van der Waals surface area contributed by atoms with E-state index in [9.17, 15) is 13.2 Å². The molecule has 0 N–H and O–H groups in total. The minimum absolute atomic E-state index is 0.295. The second-order valence-electron chi connectivity index (χ2n) is 7.54. The summed E-state index contributed by atoms with van der Waals surface area (Å²) in [6, 6.07) is 17.8. The molecular weight excluding hydrogens is 419 g/mol. The number of fused-ring (bicyclic) bond motifs is 1. The van der Waals surface area contributed by atoms with Gasteiger partial charge in [-0.05, 0) is 37.5 Å². The van der Waals surface area contributed by atoms with Crippen LogP contribution >= 0.6 is 0 Å². The first kappa shape index (κ1) is 24.0. The molecule has 0 saturated heterocycles. The fourth-order valence-corrected chi connectivity index (χ4v) is 3.25. The van der Waals surface area contributed by atoms with Crippen molar-refractivity contribution < 1.29 is 27.4 Å². The van der Waals surface area contributed by atoms with E-state index in [4.69, 9.17) is 19.2 Å². The highest BCUT2D eigenvalue weighted by Gasteiger charge is 2.26. The highest BCUT2D eigenvalue weighted by molar-refractivity contribution is 5.86. The number of alkyl halides is 3. The molecule has 1 heterocycles. The first-order valence-electron chi connectivity index (χ1n) is 10.7. The van der Waals surface area contributed by atoms with Crippen LogP contribution in [0.15, 0.2) is 54.6 Å². The molecule has 2 aromatic carbocycles. The summed E-state index contributed by atoms with van der Waals surface area (Å²) in [6.45, 7) is 3.27. The van der Waals surface area contributed by atoms with Gasteiger partial charge in [0.15, 0.2) is 0 Å². The molecule has 0 aliphatic heterocycles. The molecule has 0 aliphatic carbocycles. The summed E-state index contributed by atoms with van der Waals surface area (Å²) in [7, 11) is 0. The first-order valence-corrected chi connectivity index (χ1v) is 10.7. The van der Waals surface area contributed by atoms with Gasteiger partial charge in [0, 0.05) is 24.2 Å². The maximum atomic E-state index is 12.1. The molecule has 0 atom stereocenters. The van der Waals surface area contributed by atoms with Crippen molar-refractivity contribution in [3.8, 4) is 5.75 Å². The molecule has 0 aliphatic rings. The molecule has 4 nitrogen and oxygen atoms in total. The molecule has 1 aromatic heterocycles. The van der Waals surface area contributed by atoms with Gasteiger partial charge in [0.2, 0.25) is 0 Å². The summed E-state index contributed by atoms with van der Waals surface area (Å²) in [4.78, 5) is 4.74. The van der Waals surface area contributed by atoms with Crippen molar-refractivity contribution in [2.45, 2.75) is 45.6 Å². The van der Waals surface area contributed by atoms with Crippen LogP contribution in [0.1, 0.15) is 36.1 Å². The Morgan fingerprint density at radius 3 is 2.25 bits per heavy atom. The van der Waals surface area contributed by atoms with Crippen molar-refractivity contribution in [2.75, 3.05) is 19.8 Å². The average Bonchev–Trinajstić information content (AvgIpc) is 2.77. The number of rotatable bonds is 12. The third-order valence-electron chi connectivity index (χ3n) is 5.00. The molecule has 0 saturated carbocycles. The predicted molar refractivity (Wildman–Crippen MR) is 118 cm³/mol. The SMILES string of the molecule is Cc1c(COCCCCOCCC(F)(F)F)nc2ccccc2c1OCc1ccccc1. The number of halogens is 3. The molecule has 172 valence electrons. The van der Waals surface area contributed by atoms with Gasteiger partial charge in [0.25, 0.3) is 0 Å². The van der Waals surface area contributed by atoms with Crippen molar-refractivity contribution in [2.24, 2.45) is 0 Å². The number of para-hydroxylation sites is 1. The smallest absolute Gasteiger partial charge is 0.391 e. The van der Waals surface area contributed by atoms with E-state index in [1.54, 1.807) is 0 Å². The monoisotopic (exact) mass is 447 g/mol. The van der Waals surface area contributed by atoms with Crippen LogP contribution in [-0.2, 0) is 22.7 Å². The third kappa shape index (κ3) is 7.50. The van der Waals surface area contributed by atoms with E-state index in [0.717, 1.165) is 33.5 Å². The van der Waals surface area contributed by atoms with Crippen molar-refractivity contribution in [3.63, 3.8) is 0 Å². The average molecular weight is 447 g/mol. The van der Waals surface area contributed by atoms with Crippen LogP contribution in [-0.4, -0.2) is 31.0 Å². The molecule has 7 heteroatoms. The van der Waals surface area contributed by atoms with Crippen LogP contribution < -0.4 is 4.74 Å². The van der Waals surface area contributed by atoms with E-state index in [0.29, 0.717) is 39.3 Å². The molecule has 0 radical (unpaired) electrons. The van der Waals surface area contributed by atoms with E-state index < -0.39 is 12.6 Å². The quantitative estimate of drug-likeness (QED) is 0.302. The zero-order valence-electron chi connectivity index (χ0n) is 18.2. The number of ether oxygens (including phenoxy) is 3. The minimum atomic E-state index is -4.17. The zero-order chi connectivity index (χ0) is 22.8. The Labute approximate surface area is 186 Å². The van der Waals surface area contributed by atoms with E-state index in [2.05, 4.69) is 0 Å². The van der Waals surface area contributed by atoms with Crippen LogP contribution in [0.4, 0.5) is 13.2 Å². The zero-order valence-corrected chi connectivity index (χ0v) is 18.2. The van der Waals surface area contributed by atoms with E-state index in [-0.39, 0.29) is 6.61 Å². The summed E-state index contributed by atoms with van der Waals surface area (Å²) >= 11 is 0. The summed E-state index contributed by atoms with van der Waals surface area (Å²) in [5.74, 6) is 0.802. The van der Waals surface area contributed by atoms with Crippen molar-refractivity contribution in [1.29, 1.82) is 0 Å². The summed E-state index contributed by atoms with van der Waals surface area (Å²) in [6.07, 6.45) is -3.73. The molecule has 0 fully saturated rings. The standard InChI is InChI=1S/C25H28F3NO3/c1-19-23(18-31-15-8-7-14-30-16-13-25(26,27)28)29-22-12-6-5-11-21(22)24(19)32-17-20-9-3-2-4-10-20/h2-6,9-12H,7-8,13-18H2,1H3. The van der Waals surface area contributed by atoms with Gasteiger partial charge in [-0.25, -0.2) is 4.98 Å². The number of hydrogen-bond donors (Lipinski definition) is 0. The Bertz CT molecular complexity index is 977. The van der Waals surface area contributed by atoms with Gasteiger partial charge in [-0.3, -0.25) is 0 Å². The van der Waals surface area contributed by atoms with Gasteiger partial charge in [0.1, 0.15) is 12.4 Å². The van der Waals surface area contributed by atoms with Gasteiger partial charge in [0.05, 0.1) is 30.8 Å². The molecule has 0 unspecified atom stereocenters. The van der Waals surface area contributed by atoms with Gasteiger partial charge in [-0.15, -0.1) is 0 Å². The van der Waals surface area contributed by atoms with Crippen LogP contribution in [0.5, 0.6) is 5.75 Å². The number of benzene rings is 2. The summed E-state index contributed by atoms with van der Waals surface area (Å²) in [5.41, 5.74) is 3.68. The molecular formula is C25H28F3NO3. The van der Waals surface area contributed by atoms with Crippen molar-refractivity contribution in [3.05, 3.63) is 71.4 Å². The Morgan fingerprint density at radius 1 is 0.812 bits per heavy atom. The lowest BCUT2D eigenvalue weighted by Gasteiger charge is -2.16. The summed E-state index contributed by atoms with van der Waals surface area (Å²) < 4.78 is 53.2. The van der Waals surface area contributed by atoms with Crippen LogP contribution in [0.3, 0.4) is 0 Å². The van der Waals surface area contributed by atoms with Crippen LogP contribution in [0.25, 0.3) is 10.9 Å². The number of pyridine rings is 1. The minimum Gasteiger partial charge on any atom is -0.488 e. The lowest BCUT2D eigenvalue weighted by molar-refractivity contribution is -0.145. The van der Waals surface area contributed by atoms with E-state index >= 15 is 0 Å². The predicted octanol–water partition coefficient (Wildman–Crippen LogP) is 6.39. The summed E-state index contributed by atoms with van der Waals surface area (Å²) in [5, 5.41) is 0.959. The molecule has 3 rings (SSSR count). The second-order valence-corrected chi connectivity index (χ2v) is 7.54. The Kier molecular flexibility index (Phi) is 8.88. The Balaban J connectivity index is 1.52. The van der Waals surface area contributed by atoms with Crippen molar-refractivity contribution >= 4 is 10.9 Å². The fourth-order valence-electron chi connectivity index (χ4n) is 3.25. The molecule has 0 amide bonds. The largest absolute Gasteiger partial charge is 0.488 e. The van der Waals surface area contributed by atoms with Gasteiger partial charge >= 0.3 is 6.18 Å². The van der Waals surface area contributed by atoms with E-state index in [1.165, 1.54) is 0 Å². The number of nitrogens with zero attached hydrogens (tertiary/aromatic N) is 1. The number of hydrogen-bond acceptors (Lipinski definition) is 4. The maximum Gasteiger partial charge on any atom is 0.391 e. The van der Waals surface area contributed by atoms with Crippen LogP contribution in [0.2, 0.25) is 0 Å².